The number of hydrogen-bond donors (Lipinski definition) is 2. The molecule has 13 heteroatoms. The van der Waals surface area contributed by atoms with Gasteiger partial charge in [0, 0.05) is 24.8 Å². The molecule has 1 aromatic carbocycles. The lowest BCUT2D eigenvalue weighted by molar-refractivity contribution is -0.138. The first-order valence-corrected chi connectivity index (χ1v) is 11.4. The summed E-state index contributed by atoms with van der Waals surface area (Å²) in [4.78, 5) is 36.5. The van der Waals surface area contributed by atoms with Crippen LogP contribution >= 0.6 is 0 Å². The monoisotopic (exact) mass is 525 g/mol. The Morgan fingerprint density at radius 2 is 1.86 bits per heavy atom. The second-order valence-electron chi connectivity index (χ2n) is 9.08. The number of hydrogen-bond acceptors (Lipinski definition) is 6. The van der Waals surface area contributed by atoms with Gasteiger partial charge in [-0.15, -0.1) is 0 Å². The number of nitrogens with one attached hydrogen (secondary N) is 2. The second kappa shape index (κ2) is 9.69. The van der Waals surface area contributed by atoms with Crippen LogP contribution in [0.4, 0.5) is 27.8 Å². The number of nitrogens with zero attached hydrogens (tertiary/aromatic N) is 3. The Bertz CT molecular complexity index is 1410. The van der Waals surface area contributed by atoms with Gasteiger partial charge in [0.15, 0.2) is 11.6 Å². The fraction of sp³-hybridized carbons (Fsp3) is 0.417. The zero-order chi connectivity index (χ0) is 27.2. The third-order valence-corrected chi connectivity index (χ3v) is 5.98. The summed E-state index contributed by atoms with van der Waals surface area (Å²) in [6, 6.07) is 0.0316. The molecule has 198 valence electrons. The summed E-state index contributed by atoms with van der Waals surface area (Å²) < 4.78 is 77.4. The molecular formula is C24H24F5N5O3. The lowest BCUT2D eigenvalue weighted by Crippen LogP contribution is -2.48. The second-order valence-corrected chi connectivity index (χ2v) is 9.08. The molecule has 3 aromatic rings. The zero-order valence-electron chi connectivity index (χ0n) is 20.3. The molecule has 0 radical (unpaired) electrons. The number of carbonyl (C=O) groups is 1. The normalized spacial score (nSPS) is 19.2. The van der Waals surface area contributed by atoms with E-state index in [1.54, 1.807) is 13.8 Å². The number of rotatable bonds is 4. The Labute approximate surface area is 207 Å². The molecule has 37 heavy (non-hydrogen) atoms. The molecule has 3 heterocycles. The van der Waals surface area contributed by atoms with E-state index in [1.165, 1.54) is 18.7 Å². The van der Waals surface area contributed by atoms with E-state index in [1.807, 2.05) is 0 Å². The molecule has 4 rings (SSSR count). The number of aromatic nitrogens is 3. The molecule has 0 bridgehead atoms. The van der Waals surface area contributed by atoms with Gasteiger partial charge < -0.3 is 19.9 Å². The van der Waals surface area contributed by atoms with Crippen LogP contribution in [-0.4, -0.2) is 51.1 Å². The molecule has 1 aliphatic heterocycles. The number of fused-ring (bicyclic) bond motifs is 1. The Balaban J connectivity index is 1.68. The van der Waals surface area contributed by atoms with Crippen molar-refractivity contribution in [3.63, 3.8) is 0 Å². The van der Waals surface area contributed by atoms with Crippen LogP contribution in [0.15, 0.2) is 23.1 Å². The number of amides is 1. The van der Waals surface area contributed by atoms with Gasteiger partial charge in [0.25, 0.3) is 11.5 Å². The van der Waals surface area contributed by atoms with Gasteiger partial charge in [-0.05, 0) is 39.8 Å². The van der Waals surface area contributed by atoms with Gasteiger partial charge in [-0.2, -0.15) is 13.2 Å². The van der Waals surface area contributed by atoms with Crippen LogP contribution < -0.4 is 10.9 Å². The molecule has 0 saturated carbocycles. The standard InChI is InChI=1S/C24H24F5N5O3/c1-10-8-34(9-11(2)37-10)23(36)14-5-16(25)21(30-7-14)31-12(3)18-15(24(27,28)29)6-17-19(20(18)26)22(35)33-13(4)32-17/h5-7,10-12H,8-9H2,1-4H3,(H,30,31)(H,32,33,35)/t10-,11+,12-/m1/s1. The van der Waals surface area contributed by atoms with E-state index in [2.05, 4.69) is 20.3 Å². The Morgan fingerprint density at radius 3 is 2.46 bits per heavy atom. The van der Waals surface area contributed by atoms with E-state index in [4.69, 9.17) is 4.74 Å². The number of carbonyl (C=O) groups excluding carboxylic acids is 1. The highest BCUT2D eigenvalue weighted by Crippen LogP contribution is 2.39. The summed E-state index contributed by atoms with van der Waals surface area (Å²) in [7, 11) is 0. The van der Waals surface area contributed by atoms with Crippen molar-refractivity contribution in [1.82, 2.24) is 19.9 Å². The third kappa shape index (κ3) is 5.26. The van der Waals surface area contributed by atoms with E-state index in [9.17, 15) is 27.2 Å². The molecule has 0 spiro atoms. The number of pyridine rings is 1. The number of benzene rings is 1. The minimum Gasteiger partial charge on any atom is -0.372 e. The van der Waals surface area contributed by atoms with E-state index in [0.29, 0.717) is 19.2 Å². The molecule has 3 atom stereocenters. The SMILES string of the molecule is Cc1nc2cc(C(F)(F)F)c([C@@H](C)Nc3ncc(C(=O)N4C[C@@H](C)O[C@@H](C)C4)cc3F)c(F)c2c(=O)[nH]1. The predicted octanol–water partition coefficient (Wildman–Crippen LogP) is 4.35. The van der Waals surface area contributed by atoms with E-state index in [-0.39, 0.29) is 23.6 Å². The molecule has 1 fully saturated rings. The fourth-order valence-corrected chi connectivity index (χ4v) is 4.51. The number of H-pyrrole nitrogens is 1. The van der Waals surface area contributed by atoms with Crippen molar-refractivity contribution < 1.29 is 31.5 Å². The maximum absolute atomic E-state index is 15.4. The summed E-state index contributed by atoms with van der Waals surface area (Å²) in [6.07, 6.45) is -4.33. The Morgan fingerprint density at radius 1 is 1.22 bits per heavy atom. The van der Waals surface area contributed by atoms with Crippen molar-refractivity contribution in [3.05, 3.63) is 62.8 Å². The van der Waals surface area contributed by atoms with Gasteiger partial charge in [-0.1, -0.05) is 0 Å². The van der Waals surface area contributed by atoms with Gasteiger partial charge in [0.05, 0.1) is 34.9 Å². The van der Waals surface area contributed by atoms with E-state index < -0.39 is 63.2 Å². The predicted molar refractivity (Wildman–Crippen MR) is 124 cm³/mol. The highest BCUT2D eigenvalue weighted by Gasteiger charge is 2.38. The number of ether oxygens (including phenoxy) is 1. The van der Waals surface area contributed by atoms with Crippen molar-refractivity contribution in [2.75, 3.05) is 18.4 Å². The average Bonchev–Trinajstić information content (AvgIpc) is 2.77. The lowest BCUT2D eigenvalue weighted by Gasteiger charge is -2.35. The number of alkyl halides is 3. The van der Waals surface area contributed by atoms with Gasteiger partial charge in [0.1, 0.15) is 17.0 Å². The van der Waals surface area contributed by atoms with Gasteiger partial charge >= 0.3 is 6.18 Å². The van der Waals surface area contributed by atoms with Crippen molar-refractivity contribution >= 4 is 22.6 Å². The quantitative estimate of drug-likeness (QED) is 0.492. The summed E-state index contributed by atoms with van der Waals surface area (Å²) in [5, 5.41) is 1.78. The highest BCUT2D eigenvalue weighted by molar-refractivity contribution is 5.94. The van der Waals surface area contributed by atoms with Gasteiger partial charge in [-0.3, -0.25) is 9.59 Å². The maximum atomic E-state index is 15.4. The van der Waals surface area contributed by atoms with Crippen LogP contribution in [0.3, 0.4) is 0 Å². The van der Waals surface area contributed by atoms with Crippen molar-refractivity contribution in [3.8, 4) is 0 Å². The first-order valence-electron chi connectivity index (χ1n) is 11.4. The van der Waals surface area contributed by atoms with Crippen LogP contribution in [0.1, 0.15) is 54.1 Å². The van der Waals surface area contributed by atoms with Crippen molar-refractivity contribution in [2.45, 2.75) is 52.1 Å². The number of halogens is 5. The van der Waals surface area contributed by atoms with Crippen LogP contribution in [0.25, 0.3) is 10.9 Å². The molecule has 0 unspecified atom stereocenters. The fourth-order valence-electron chi connectivity index (χ4n) is 4.51. The first kappa shape index (κ1) is 26.5. The zero-order valence-corrected chi connectivity index (χ0v) is 20.3. The number of morpholine rings is 1. The number of aromatic amines is 1. The summed E-state index contributed by atoms with van der Waals surface area (Å²) in [5.41, 5.74) is -3.72. The van der Waals surface area contributed by atoms with Crippen LogP contribution in [0.2, 0.25) is 0 Å². The van der Waals surface area contributed by atoms with Crippen LogP contribution in [0, 0.1) is 18.6 Å². The molecular weight excluding hydrogens is 501 g/mol. The highest BCUT2D eigenvalue weighted by atomic mass is 19.4. The maximum Gasteiger partial charge on any atom is 0.416 e. The largest absolute Gasteiger partial charge is 0.416 e. The number of aryl methyl sites for hydroxylation is 1. The van der Waals surface area contributed by atoms with Crippen LogP contribution in [0.5, 0.6) is 0 Å². The Hall–Kier alpha value is -3.61. The third-order valence-electron chi connectivity index (χ3n) is 5.98. The smallest absolute Gasteiger partial charge is 0.372 e. The molecule has 2 aromatic heterocycles. The molecule has 1 aliphatic rings. The minimum atomic E-state index is -4.99. The van der Waals surface area contributed by atoms with Crippen molar-refractivity contribution in [2.24, 2.45) is 0 Å². The molecule has 1 amide bonds. The van der Waals surface area contributed by atoms with Gasteiger partial charge in [0.2, 0.25) is 0 Å². The summed E-state index contributed by atoms with van der Waals surface area (Å²) >= 11 is 0. The van der Waals surface area contributed by atoms with E-state index in [0.717, 1.165) is 12.3 Å². The topological polar surface area (TPSA) is 100 Å². The molecule has 2 N–H and O–H groups in total. The summed E-state index contributed by atoms with van der Waals surface area (Å²) in [5.74, 6) is -3.39. The van der Waals surface area contributed by atoms with E-state index >= 15 is 4.39 Å². The van der Waals surface area contributed by atoms with Crippen LogP contribution in [-0.2, 0) is 10.9 Å². The van der Waals surface area contributed by atoms with Crippen molar-refractivity contribution in [1.29, 1.82) is 0 Å². The molecule has 1 saturated heterocycles. The lowest BCUT2D eigenvalue weighted by atomic mass is 9.97. The summed E-state index contributed by atoms with van der Waals surface area (Å²) in [6.45, 7) is 6.73. The Kier molecular flexibility index (Phi) is 6.93. The first-order chi connectivity index (χ1) is 17.3. The molecule has 8 nitrogen and oxygen atoms in total. The van der Waals surface area contributed by atoms with Gasteiger partial charge in [-0.25, -0.2) is 18.7 Å². The minimum absolute atomic E-state index is 0.0193. The number of anilines is 1. The average molecular weight is 525 g/mol. The molecule has 0 aliphatic carbocycles.